The van der Waals surface area contributed by atoms with Crippen LogP contribution in [0.1, 0.15) is 20.3 Å². The minimum Gasteiger partial charge on any atom is -0.380 e. The fourth-order valence-corrected chi connectivity index (χ4v) is 4.61. The summed E-state index contributed by atoms with van der Waals surface area (Å²) in [5.41, 5.74) is 1.04. The third-order valence-corrected chi connectivity index (χ3v) is 6.04. The minimum absolute atomic E-state index is 0.306. The molecule has 0 bridgehead atoms. The Balaban J connectivity index is 2.20. The van der Waals surface area contributed by atoms with E-state index in [9.17, 15) is 8.42 Å². The molecule has 0 aromatic heterocycles. The van der Waals surface area contributed by atoms with E-state index < -0.39 is 9.84 Å². The first-order valence-electron chi connectivity index (χ1n) is 6.41. The highest BCUT2D eigenvalue weighted by Crippen LogP contribution is 2.35. The highest BCUT2D eigenvalue weighted by Gasteiger charge is 2.29. The largest absolute Gasteiger partial charge is 0.380 e. The van der Waals surface area contributed by atoms with Crippen molar-refractivity contribution < 1.29 is 8.42 Å². The molecule has 1 unspecified atom stereocenters. The summed E-state index contributed by atoms with van der Waals surface area (Å²) in [7, 11) is -3.18. The molecule has 0 amide bonds. The molecule has 1 heterocycles. The highest BCUT2D eigenvalue weighted by molar-refractivity contribution is 7.99. The Hall–Kier alpha value is -0.680. The third kappa shape index (κ3) is 3.89. The molecule has 2 rings (SSSR count). The first kappa shape index (κ1) is 14.7. The number of rotatable bonds is 3. The molecule has 1 aliphatic rings. The quantitative estimate of drug-likeness (QED) is 0.932. The van der Waals surface area contributed by atoms with Crippen molar-refractivity contribution in [3.05, 3.63) is 24.3 Å². The minimum atomic E-state index is -3.18. The lowest BCUT2D eigenvalue weighted by molar-refractivity contribution is 0.358. The maximum atomic E-state index is 11.8. The Labute approximate surface area is 120 Å². The molecule has 0 spiro atoms. The highest BCUT2D eigenvalue weighted by atomic mass is 32.2. The van der Waals surface area contributed by atoms with Gasteiger partial charge in [-0.3, -0.25) is 0 Å². The zero-order valence-electron chi connectivity index (χ0n) is 11.6. The van der Waals surface area contributed by atoms with Crippen molar-refractivity contribution in [2.45, 2.75) is 31.2 Å². The van der Waals surface area contributed by atoms with E-state index >= 15 is 0 Å². The number of nitrogens with one attached hydrogen (secondary N) is 1. The monoisotopic (exact) mass is 299 g/mol. The molecule has 106 valence electrons. The first-order chi connectivity index (χ1) is 8.78. The van der Waals surface area contributed by atoms with E-state index in [0.717, 1.165) is 17.9 Å². The summed E-state index contributed by atoms with van der Waals surface area (Å²) < 4.78 is 23.6. The second-order valence-corrected chi connectivity index (χ2v) is 9.01. The predicted molar refractivity (Wildman–Crippen MR) is 82.7 cm³/mol. The molecule has 1 N–H and O–H groups in total. The second kappa shape index (κ2) is 5.37. The van der Waals surface area contributed by atoms with Gasteiger partial charge in [-0.25, -0.2) is 8.42 Å². The Kier molecular flexibility index (Phi) is 4.16. The van der Waals surface area contributed by atoms with E-state index in [4.69, 9.17) is 0 Å². The standard InChI is InChI=1S/C14H21NO2S2/c1-14(2)8-11(9-18-10-14)15-12-6-4-5-7-13(12)19(3,16)17/h4-7,11,15H,8-10H2,1-3H3. The van der Waals surface area contributed by atoms with Crippen LogP contribution in [0.25, 0.3) is 0 Å². The first-order valence-corrected chi connectivity index (χ1v) is 9.46. The lowest BCUT2D eigenvalue weighted by atomic mass is 9.88. The van der Waals surface area contributed by atoms with Crippen molar-refractivity contribution in [2.75, 3.05) is 23.1 Å². The van der Waals surface area contributed by atoms with Gasteiger partial charge in [-0.2, -0.15) is 11.8 Å². The van der Waals surface area contributed by atoms with Crippen molar-refractivity contribution in [2.24, 2.45) is 5.41 Å². The van der Waals surface area contributed by atoms with Crippen molar-refractivity contribution in [1.82, 2.24) is 0 Å². The van der Waals surface area contributed by atoms with Gasteiger partial charge in [0.15, 0.2) is 9.84 Å². The number of hydrogen-bond acceptors (Lipinski definition) is 4. The number of thioether (sulfide) groups is 1. The Morgan fingerprint density at radius 3 is 2.63 bits per heavy atom. The average Bonchev–Trinajstić information content (AvgIpc) is 2.26. The van der Waals surface area contributed by atoms with E-state index in [1.54, 1.807) is 12.1 Å². The summed E-state index contributed by atoms with van der Waals surface area (Å²) in [6, 6.07) is 7.48. The van der Waals surface area contributed by atoms with Crippen LogP contribution in [-0.2, 0) is 9.84 Å². The molecule has 1 aromatic carbocycles. The lowest BCUT2D eigenvalue weighted by Crippen LogP contribution is -2.35. The number of sulfone groups is 1. The second-order valence-electron chi connectivity index (χ2n) is 5.99. The number of para-hydroxylation sites is 1. The summed E-state index contributed by atoms with van der Waals surface area (Å²) in [6.07, 6.45) is 2.32. The van der Waals surface area contributed by atoms with Gasteiger partial charge in [-0.15, -0.1) is 0 Å². The maximum absolute atomic E-state index is 11.8. The zero-order valence-corrected chi connectivity index (χ0v) is 13.3. The van der Waals surface area contributed by atoms with Crippen molar-refractivity contribution >= 4 is 27.3 Å². The fourth-order valence-electron chi connectivity index (χ4n) is 2.48. The number of hydrogen-bond donors (Lipinski definition) is 1. The summed E-state index contributed by atoms with van der Waals surface area (Å²) in [5.74, 6) is 2.19. The van der Waals surface area contributed by atoms with Crippen LogP contribution >= 0.6 is 11.8 Å². The molecule has 0 radical (unpaired) electrons. The molecular formula is C14H21NO2S2. The molecule has 1 aromatic rings. The van der Waals surface area contributed by atoms with E-state index in [1.807, 2.05) is 23.9 Å². The zero-order chi connectivity index (χ0) is 14.1. The summed E-state index contributed by atoms with van der Waals surface area (Å²) >= 11 is 1.93. The van der Waals surface area contributed by atoms with Gasteiger partial charge in [0.2, 0.25) is 0 Å². The SMILES string of the molecule is CC1(C)CSCC(Nc2ccccc2S(C)(=O)=O)C1. The molecule has 1 aliphatic heterocycles. The lowest BCUT2D eigenvalue weighted by Gasteiger charge is -2.35. The number of anilines is 1. The van der Waals surface area contributed by atoms with Crippen molar-refractivity contribution in [1.29, 1.82) is 0 Å². The topological polar surface area (TPSA) is 46.2 Å². The third-order valence-electron chi connectivity index (χ3n) is 3.26. The van der Waals surface area contributed by atoms with E-state index in [-0.39, 0.29) is 0 Å². The predicted octanol–water partition coefficient (Wildman–Crippen LogP) is 3.03. The van der Waals surface area contributed by atoms with Crippen molar-refractivity contribution in [3.8, 4) is 0 Å². The molecule has 1 saturated heterocycles. The van der Waals surface area contributed by atoms with Gasteiger partial charge in [0.1, 0.15) is 0 Å². The fraction of sp³-hybridized carbons (Fsp3) is 0.571. The van der Waals surface area contributed by atoms with E-state index in [2.05, 4.69) is 19.2 Å². The smallest absolute Gasteiger partial charge is 0.177 e. The average molecular weight is 299 g/mol. The van der Waals surface area contributed by atoms with Crippen LogP contribution in [0.5, 0.6) is 0 Å². The number of benzene rings is 1. The summed E-state index contributed by atoms with van der Waals surface area (Å²) in [5, 5.41) is 3.41. The molecule has 0 saturated carbocycles. The van der Waals surface area contributed by atoms with Gasteiger partial charge in [0.05, 0.1) is 10.6 Å². The van der Waals surface area contributed by atoms with Gasteiger partial charge >= 0.3 is 0 Å². The van der Waals surface area contributed by atoms with Crippen LogP contribution in [0.4, 0.5) is 5.69 Å². The maximum Gasteiger partial charge on any atom is 0.177 e. The van der Waals surface area contributed by atoms with Gasteiger partial charge < -0.3 is 5.32 Å². The molecule has 19 heavy (non-hydrogen) atoms. The molecule has 0 aliphatic carbocycles. The van der Waals surface area contributed by atoms with Crippen LogP contribution in [0.15, 0.2) is 29.2 Å². The van der Waals surface area contributed by atoms with Crippen LogP contribution in [0.3, 0.4) is 0 Å². The van der Waals surface area contributed by atoms with Gasteiger partial charge in [0, 0.05) is 18.1 Å². The van der Waals surface area contributed by atoms with Crippen LogP contribution in [0, 0.1) is 5.41 Å². The van der Waals surface area contributed by atoms with Gasteiger partial charge in [0.25, 0.3) is 0 Å². The van der Waals surface area contributed by atoms with Crippen LogP contribution < -0.4 is 5.32 Å². The molecular weight excluding hydrogens is 278 g/mol. The van der Waals surface area contributed by atoms with Gasteiger partial charge in [-0.05, 0) is 29.7 Å². The molecule has 5 heteroatoms. The molecule has 1 fully saturated rings. The Morgan fingerprint density at radius 1 is 1.32 bits per heavy atom. The van der Waals surface area contributed by atoms with E-state index in [0.29, 0.717) is 16.4 Å². The normalized spacial score (nSPS) is 23.0. The Morgan fingerprint density at radius 2 is 2.00 bits per heavy atom. The molecule has 1 atom stereocenters. The van der Waals surface area contributed by atoms with Crippen molar-refractivity contribution in [3.63, 3.8) is 0 Å². The van der Waals surface area contributed by atoms with Gasteiger partial charge in [-0.1, -0.05) is 26.0 Å². The summed E-state index contributed by atoms with van der Waals surface area (Å²) in [6.45, 7) is 4.52. The summed E-state index contributed by atoms with van der Waals surface area (Å²) in [4.78, 5) is 0.392. The van der Waals surface area contributed by atoms with Crippen LogP contribution in [0.2, 0.25) is 0 Å². The molecule has 3 nitrogen and oxygen atoms in total. The van der Waals surface area contributed by atoms with Crippen LogP contribution in [-0.4, -0.2) is 32.2 Å². The Bertz CT molecular complexity index is 552. The van der Waals surface area contributed by atoms with E-state index in [1.165, 1.54) is 12.0 Å².